The van der Waals surface area contributed by atoms with Gasteiger partial charge in [-0.15, -0.1) is 0 Å². The lowest BCUT2D eigenvalue weighted by molar-refractivity contribution is -0.123. The standard InChI is InChI=1S/C14H15N3O3/c1-9(13-15-8-20-17-13)16-14(18)11-6-7-19-12-5-3-2-4-10(11)12/h2-5,8-9,11H,6-7H2,1H3,(H,16,18). The van der Waals surface area contributed by atoms with Crippen LogP contribution >= 0.6 is 0 Å². The Morgan fingerprint density at radius 1 is 1.45 bits per heavy atom. The lowest BCUT2D eigenvalue weighted by atomic mass is 9.92. The van der Waals surface area contributed by atoms with E-state index in [1.807, 2.05) is 31.2 Å². The van der Waals surface area contributed by atoms with Crippen molar-refractivity contribution in [3.8, 4) is 5.75 Å². The Morgan fingerprint density at radius 3 is 3.10 bits per heavy atom. The van der Waals surface area contributed by atoms with Gasteiger partial charge in [-0.1, -0.05) is 23.4 Å². The van der Waals surface area contributed by atoms with Crippen molar-refractivity contribution in [2.24, 2.45) is 0 Å². The number of nitrogens with zero attached hydrogens (tertiary/aromatic N) is 2. The molecule has 104 valence electrons. The van der Waals surface area contributed by atoms with Gasteiger partial charge in [0.2, 0.25) is 12.3 Å². The van der Waals surface area contributed by atoms with Crippen LogP contribution < -0.4 is 10.1 Å². The van der Waals surface area contributed by atoms with E-state index in [1.54, 1.807) is 0 Å². The average molecular weight is 273 g/mol. The van der Waals surface area contributed by atoms with Gasteiger partial charge in [-0.05, 0) is 19.4 Å². The van der Waals surface area contributed by atoms with E-state index < -0.39 is 0 Å². The Hall–Kier alpha value is -2.37. The number of carbonyl (C=O) groups excluding carboxylic acids is 1. The van der Waals surface area contributed by atoms with Crippen LogP contribution in [0.3, 0.4) is 0 Å². The zero-order valence-corrected chi connectivity index (χ0v) is 11.1. The topological polar surface area (TPSA) is 77.2 Å². The largest absolute Gasteiger partial charge is 0.493 e. The molecule has 0 saturated heterocycles. The summed E-state index contributed by atoms with van der Waals surface area (Å²) in [5, 5.41) is 6.65. The van der Waals surface area contributed by atoms with Gasteiger partial charge in [0.05, 0.1) is 18.6 Å². The summed E-state index contributed by atoms with van der Waals surface area (Å²) in [5.74, 6) is 1.01. The second-order valence-corrected chi connectivity index (χ2v) is 4.75. The zero-order valence-electron chi connectivity index (χ0n) is 11.1. The van der Waals surface area contributed by atoms with Crippen molar-refractivity contribution in [1.29, 1.82) is 0 Å². The number of carbonyl (C=O) groups is 1. The molecule has 2 atom stereocenters. The van der Waals surface area contributed by atoms with E-state index in [2.05, 4.69) is 20.0 Å². The van der Waals surface area contributed by atoms with Crippen molar-refractivity contribution in [1.82, 2.24) is 15.5 Å². The number of fused-ring (bicyclic) bond motifs is 1. The molecule has 0 spiro atoms. The fraction of sp³-hybridized carbons (Fsp3) is 0.357. The maximum absolute atomic E-state index is 12.4. The van der Waals surface area contributed by atoms with Crippen molar-refractivity contribution >= 4 is 5.91 Å². The van der Waals surface area contributed by atoms with E-state index >= 15 is 0 Å². The molecule has 2 aromatic rings. The number of benzene rings is 1. The molecule has 1 N–H and O–H groups in total. The van der Waals surface area contributed by atoms with Gasteiger partial charge in [0.25, 0.3) is 0 Å². The molecule has 3 rings (SSSR count). The third-order valence-electron chi connectivity index (χ3n) is 3.40. The lowest BCUT2D eigenvalue weighted by Crippen LogP contribution is -2.34. The minimum absolute atomic E-state index is 0.0435. The molecule has 2 heterocycles. The van der Waals surface area contributed by atoms with Crippen LogP contribution in [0.1, 0.15) is 36.7 Å². The van der Waals surface area contributed by atoms with E-state index in [0.717, 1.165) is 11.3 Å². The van der Waals surface area contributed by atoms with Crippen LogP contribution in [0.15, 0.2) is 35.2 Å². The third-order valence-corrected chi connectivity index (χ3v) is 3.40. The predicted molar refractivity (Wildman–Crippen MR) is 70.2 cm³/mol. The Morgan fingerprint density at radius 2 is 2.30 bits per heavy atom. The monoisotopic (exact) mass is 273 g/mol. The number of amides is 1. The first kappa shape index (κ1) is 12.7. The van der Waals surface area contributed by atoms with Crippen molar-refractivity contribution < 1.29 is 14.1 Å². The minimum atomic E-state index is -0.281. The van der Waals surface area contributed by atoms with Gasteiger partial charge in [-0.3, -0.25) is 4.79 Å². The average Bonchev–Trinajstić information content (AvgIpc) is 3.01. The number of rotatable bonds is 3. The number of para-hydroxylation sites is 1. The molecule has 0 aliphatic carbocycles. The number of aromatic nitrogens is 2. The number of hydrogen-bond donors (Lipinski definition) is 1. The molecule has 0 radical (unpaired) electrons. The van der Waals surface area contributed by atoms with Crippen LogP contribution in [0.4, 0.5) is 0 Å². The van der Waals surface area contributed by atoms with Gasteiger partial charge in [0.15, 0.2) is 5.82 Å². The van der Waals surface area contributed by atoms with Crippen LogP contribution in [-0.2, 0) is 4.79 Å². The van der Waals surface area contributed by atoms with Gasteiger partial charge in [0, 0.05) is 5.56 Å². The van der Waals surface area contributed by atoms with Gasteiger partial charge in [-0.25, -0.2) is 0 Å². The Balaban J connectivity index is 1.75. The highest BCUT2D eigenvalue weighted by Crippen LogP contribution is 2.33. The van der Waals surface area contributed by atoms with Gasteiger partial charge < -0.3 is 14.6 Å². The van der Waals surface area contributed by atoms with Crippen LogP contribution in [-0.4, -0.2) is 22.7 Å². The van der Waals surface area contributed by atoms with Crippen molar-refractivity contribution in [3.05, 3.63) is 42.0 Å². The normalized spacial score (nSPS) is 18.8. The van der Waals surface area contributed by atoms with Crippen molar-refractivity contribution in [3.63, 3.8) is 0 Å². The Kier molecular flexibility index (Phi) is 3.37. The van der Waals surface area contributed by atoms with Crippen molar-refractivity contribution in [2.45, 2.75) is 25.3 Å². The molecule has 6 heteroatoms. The molecular formula is C14H15N3O3. The summed E-state index contributed by atoms with van der Waals surface area (Å²) in [5.41, 5.74) is 0.927. The highest BCUT2D eigenvalue weighted by molar-refractivity contribution is 5.85. The molecule has 1 aliphatic heterocycles. The smallest absolute Gasteiger partial charge is 0.228 e. The first-order valence-electron chi connectivity index (χ1n) is 6.54. The molecule has 2 unspecified atom stereocenters. The molecule has 0 fully saturated rings. The van der Waals surface area contributed by atoms with Crippen LogP contribution in [0.25, 0.3) is 0 Å². The number of hydrogen-bond acceptors (Lipinski definition) is 5. The molecule has 6 nitrogen and oxygen atoms in total. The lowest BCUT2D eigenvalue weighted by Gasteiger charge is -2.25. The first-order valence-corrected chi connectivity index (χ1v) is 6.54. The molecule has 1 aliphatic rings. The summed E-state index contributed by atoms with van der Waals surface area (Å²) in [7, 11) is 0. The van der Waals surface area contributed by atoms with Crippen LogP contribution in [0.2, 0.25) is 0 Å². The maximum Gasteiger partial charge on any atom is 0.228 e. The third kappa shape index (κ3) is 2.36. The molecule has 1 aromatic carbocycles. The van der Waals surface area contributed by atoms with E-state index in [9.17, 15) is 4.79 Å². The first-order chi connectivity index (χ1) is 9.75. The fourth-order valence-electron chi connectivity index (χ4n) is 2.36. The number of nitrogens with one attached hydrogen (secondary N) is 1. The van der Waals surface area contributed by atoms with Crippen molar-refractivity contribution in [2.75, 3.05) is 6.61 Å². The molecule has 0 saturated carbocycles. The van der Waals surface area contributed by atoms with E-state index in [0.29, 0.717) is 18.9 Å². The van der Waals surface area contributed by atoms with Gasteiger partial charge in [-0.2, -0.15) is 4.98 Å². The van der Waals surface area contributed by atoms with E-state index in [1.165, 1.54) is 6.39 Å². The highest BCUT2D eigenvalue weighted by Gasteiger charge is 2.28. The maximum atomic E-state index is 12.4. The second kappa shape index (κ2) is 5.32. The minimum Gasteiger partial charge on any atom is -0.493 e. The second-order valence-electron chi connectivity index (χ2n) is 4.75. The number of ether oxygens (including phenoxy) is 1. The summed E-state index contributed by atoms with van der Waals surface area (Å²) in [6.45, 7) is 2.37. The molecule has 1 aromatic heterocycles. The summed E-state index contributed by atoms with van der Waals surface area (Å²) < 4.78 is 10.2. The molecule has 1 amide bonds. The summed E-state index contributed by atoms with van der Waals surface area (Å²) in [6, 6.07) is 7.35. The van der Waals surface area contributed by atoms with Gasteiger partial charge in [0.1, 0.15) is 5.75 Å². The van der Waals surface area contributed by atoms with Crippen LogP contribution in [0.5, 0.6) is 5.75 Å². The van der Waals surface area contributed by atoms with E-state index in [4.69, 9.17) is 4.74 Å². The summed E-state index contributed by atoms with van der Waals surface area (Å²) in [6.07, 6.45) is 1.92. The Labute approximate surface area is 116 Å². The Bertz CT molecular complexity index is 597. The zero-order chi connectivity index (χ0) is 13.9. The molecular weight excluding hydrogens is 258 g/mol. The molecule has 20 heavy (non-hydrogen) atoms. The fourth-order valence-corrected chi connectivity index (χ4v) is 2.36. The quantitative estimate of drug-likeness (QED) is 0.922. The summed E-state index contributed by atoms with van der Waals surface area (Å²) in [4.78, 5) is 16.4. The van der Waals surface area contributed by atoms with Gasteiger partial charge >= 0.3 is 0 Å². The summed E-state index contributed by atoms with van der Waals surface area (Å²) >= 11 is 0. The SMILES string of the molecule is CC(NC(=O)C1CCOc2ccccc21)c1ncon1. The predicted octanol–water partition coefficient (Wildman–Crippen LogP) is 1.81. The molecule has 0 bridgehead atoms. The van der Waals surface area contributed by atoms with Crippen LogP contribution in [0, 0.1) is 0 Å². The highest BCUT2D eigenvalue weighted by atomic mass is 16.5. The van der Waals surface area contributed by atoms with E-state index in [-0.39, 0.29) is 17.9 Å².